The minimum atomic E-state index is 0.0135. The van der Waals surface area contributed by atoms with Gasteiger partial charge in [0.15, 0.2) is 0 Å². The third-order valence-electron chi connectivity index (χ3n) is 4.87. The highest BCUT2D eigenvalue weighted by atomic mass is 35.5. The second kappa shape index (κ2) is 9.81. The van der Waals surface area contributed by atoms with Crippen LogP contribution in [0.3, 0.4) is 0 Å². The van der Waals surface area contributed by atoms with Gasteiger partial charge in [-0.15, -0.1) is 10.2 Å². The van der Waals surface area contributed by atoms with Gasteiger partial charge in [-0.3, -0.25) is 4.79 Å². The second-order valence-electron chi connectivity index (χ2n) is 6.88. The first-order valence-corrected chi connectivity index (χ1v) is 11.1. The molecule has 1 aliphatic rings. The topological polar surface area (TPSA) is 99.2 Å². The van der Waals surface area contributed by atoms with Crippen molar-refractivity contribution in [3.8, 4) is 17.5 Å². The van der Waals surface area contributed by atoms with E-state index in [1.165, 1.54) is 11.8 Å². The molecule has 1 amide bonds. The van der Waals surface area contributed by atoms with Crippen molar-refractivity contribution >= 4 is 35.1 Å². The molecule has 3 aromatic rings. The Morgan fingerprint density at radius 2 is 2.00 bits per heavy atom. The molecule has 1 aliphatic heterocycles. The third kappa shape index (κ3) is 5.16. The van der Waals surface area contributed by atoms with Crippen molar-refractivity contribution in [1.82, 2.24) is 20.1 Å². The van der Waals surface area contributed by atoms with Crippen molar-refractivity contribution < 1.29 is 9.21 Å². The molecule has 4 rings (SSSR count). The molecule has 0 saturated carbocycles. The number of rotatable bonds is 5. The van der Waals surface area contributed by atoms with Crippen LogP contribution in [0, 0.1) is 11.3 Å². The lowest BCUT2D eigenvalue weighted by molar-refractivity contribution is -0.128. The maximum absolute atomic E-state index is 12.7. The molecule has 0 atom stereocenters. The number of thioether (sulfide) groups is 1. The molecule has 1 fully saturated rings. The van der Waals surface area contributed by atoms with Crippen molar-refractivity contribution in [2.45, 2.75) is 11.6 Å². The molecule has 1 saturated heterocycles. The molecule has 8 nitrogen and oxygen atoms in total. The van der Waals surface area contributed by atoms with Crippen LogP contribution in [0.15, 0.2) is 52.2 Å². The summed E-state index contributed by atoms with van der Waals surface area (Å²) >= 11 is 7.12. The minimum Gasteiger partial charge on any atom is -0.411 e. The van der Waals surface area contributed by atoms with E-state index in [-0.39, 0.29) is 11.7 Å². The fraction of sp³-hybridized carbons (Fsp3) is 0.286. The Bertz CT molecular complexity index is 1100. The van der Waals surface area contributed by atoms with Gasteiger partial charge in [-0.25, -0.2) is 4.98 Å². The predicted molar refractivity (Wildman–Crippen MR) is 118 cm³/mol. The van der Waals surface area contributed by atoms with Gasteiger partial charge in [-0.1, -0.05) is 23.4 Å². The van der Waals surface area contributed by atoms with E-state index in [9.17, 15) is 10.1 Å². The monoisotopic (exact) mass is 454 g/mol. The van der Waals surface area contributed by atoms with Crippen molar-refractivity contribution in [1.29, 1.82) is 5.26 Å². The molecule has 10 heteroatoms. The first-order chi connectivity index (χ1) is 15.1. The molecule has 0 bridgehead atoms. The van der Waals surface area contributed by atoms with Crippen LogP contribution in [0.25, 0.3) is 11.5 Å². The lowest BCUT2D eigenvalue weighted by atomic mass is 10.2. The van der Waals surface area contributed by atoms with Crippen LogP contribution in [0.2, 0.25) is 5.02 Å². The van der Waals surface area contributed by atoms with Gasteiger partial charge >= 0.3 is 0 Å². The largest absolute Gasteiger partial charge is 0.411 e. The average Bonchev–Trinajstić information content (AvgIpc) is 3.14. The number of pyridine rings is 1. The van der Waals surface area contributed by atoms with E-state index in [4.69, 9.17) is 16.0 Å². The van der Waals surface area contributed by atoms with Crippen molar-refractivity contribution in [2.24, 2.45) is 0 Å². The van der Waals surface area contributed by atoms with E-state index in [0.717, 1.165) is 18.5 Å². The number of carbonyl (C=O) groups excluding carboxylic acids is 1. The van der Waals surface area contributed by atoms with Crippen LogP contribution in [-0.4, -0.2) is 57.9 Å². The van der Waals surface area contributed by atoms with E-state index in [1.807, 2.05) is 4.90 Å². The molecule has 0 spiro atoms. The van der Waals surface area contributed by atoms with Gasteiger partial charge in [0.1, 0.15) is 11.9 Å². The predicted octanol–water partition coefficient (Wildman–Crippen LogP) is 3.49. The number of amides is 1. The Balaban J connectivity index is 1.32. The van der Waals surface area contributed by atoms with Gasteiger partial charge in [-0.2, -0.15) is 5.26 Å². The summed E-state index contributed by atoms with van der Waals surface area (Å²) in [7, 11) is 0. The standard InChI is InChI=1S/C21H19ClN6O2S/c22-17-6-4-15(5-7-17)20-25-26-21(30-20)31-14-18(29)27-9-2-10-28(12-11-27)19-16(13-23)3-1-8-24-19/h1,3-8H,2,9-12,14H2. The first-order valence-electron chi connectivity index (χ1n) is 9.74. The van der Waals surface area contributed by atoms with E-state index < -0.39 is 0 Å². The molecule has 0 aliphatic carbocycles. The van der Waals surface area contributed by atoms with Crippen molar-refractivity contribution in [3.05, 3.63) is 53.2 Å². The van der Waals surface area contributed by atoms with Crippen LogP contribution in [-0.2, 0) is 4.79 Å². The molecule has 158 valence electrons. The highest BCUT2D eigenvalue weighted by molar-refractivity contribution is 7.99. The van der Waals surface area contributed by atoms with Gasteiger partial charge in [0.25, 0.3) is 5.22 Å². The summed E-state index contributed by atoms with van der Waals surface area (Å²) in [5.41, 5.74) is 1.32. The van der Waals surface area contributed by atoms with Crippen molar-refractivity contribution in [2.75, 3.05) is 36.8 Å². The van der Waals surface area contributed by atoms with E-state index in [0.29, 0.717) is 47.2 Å². The molecule has 3 heterocycles. The fourth-order valence-electron chi connectivity index (χ4n) is 3.31. The average molecular weight is 455 g/mol. The normalized spacial score (nSPS) is 14.2. The first kappa shape index (κ1) is 21.2. The number of nitriles is 1. The van der Waals surface area contributed by atoms with E-state index in [2.05, 4.69) is 26.2 Å². The molecule has 31 heavy (non-hydrogen) atoms. The maximum Gasteiger partial charge on any atom is 0.277 e. The van der Waals surface area contributed by atoms with Gasteiger partial charge < -0.3 is 14.2 Å². The molecule has 2 aromatic heterocycles. The summed E-state index contributed by atoms with van der Waals surface area (Å²) < 4.78 is 5.65. The Morgan fingerprint density at radius 1 is 1.16 bits per heavy atom. The number of hydrogen-bond donors (Lipinski definition) is 0. The number of aromatic nitrogens is 3. The number of anilines is 1. The summed E-state index contributed by atoms with van der Waals surface area (Å²) in [6.45, 7) is 2.60. The Labute approximate surface area is 188 Å². The van der Waals surface area contributed by atoms with Crippen LogP contribution in [0.1, 0.15) is 12.0 Å². The highest BCUT2D eigenvalue weighted by Crippen LogP contribution is 2.25. The summed E-state index contributed by atoms with van der Waals surface area (Å²) in [4.78, 5) is 21.0. The quantitative estimate of drug-likeness (QED) is 0.540. The number of carbonyl (C=O) groups is 1. The number of nitrogens with zero attached hydrogens (tertiary/aromatic N) is 6. The van der Waals surface area contributed by atoms with Crippen LogP contribution in [0.4, 0.5) is 5.82 Å². The zero-order valence-corrected chi connectivity index (χ0v) is 18.1. The van der Waals surface area contributed by atoms with Gasteiger partial charge in [-0.05, 0) is 42.8 Å². The second-order valence-corrected chi connectivity index (χ2v) is 8.24. The van der Waals surface area contributed by atoms with Gasteiger partial charge in [0.2, 0.25) is 11.8 Å². The summed E-state index contributed by atoms with van der Waals surface area (Å²) in [6, 6.07) is 12.8. The van der Waals surface area contributed by atoms with Crippen molar-refractivity contribution in [3.63, 3.8) is 0 Å². The Kier molecular flexibility index (Phi) is 6.70. The van der Waals surface area contributed by atoms with Crippen LogP contribution in [0.5, 0.6) is 0 Å². The zero-order valence-electron chi connectivity index (χ0n) is 16.6. The number of hydrogen-bond acceptors (Lipinski definition) is 8. The Morgan fingerprint density at radius 3 is 2.81 bits per heavy atom. The maximum atomic E-state index is 12.7. The molecular weight excluding hydrogens is 436 g/mol. The number of halogens is 1. The SMILES string of the molecule is N#Cc1cccnc1N1CCCN(C(=O)CSc2nnc(-c3ccc(Cl)cc3)o2)CC1. The van der Waals surface area contributed by atoms with E-state index in [1.54, 1.807) is 42.6 Å². The van der Waals surface area contributed by atoms with E-state index >= 15 is 0 Å². The molecule has 0 unspecified atom stereocenters. The van der Waals surface area contributed by atoms with Crippen LogP contribution >= 0.6 is 23.4 Å². The highest BCUT2D eigenvalue weighted by Gasteiger charge is 2.22. The van der Waals surface area contributed by atoms with Gasteiger partial charge in [0.05, 0.1) is 11.3 Å². The molecular formula is C21H19ClN6O2S. The summed E-state index contributed by atoms with van der Waals surface area (Å²) in [5, 5.41) is 18.3. The molecule has 0 radical (unpaired) electrons. The minimum absolute atomic E-state index is 0.0135. The Hall–Kier alpha value is -3.09. The fourth-order valence-corrected chi connectivity index (χ4v) is 4.10. The summed E-state index contributed by atoms with van der Waals surface area (Å²) in [6.07, 6.45) is 2.49. The molecule has 1 aromatic carbocycles. The lowest BCUT2D eigenvalue weighted by Crippen LogP contribution is -2.36. The van der Waals surface area contributed by atoms with Crippen LogP contribution < -0.4 is 4.90 Å². The van der Waals surface area contributed by atoms with Gasteiger partial charge in [0, 0.05) is 43.0 Å². The third-order valence-corrected chi connectivity index (χ3v) is 5.93. The number of benzene rings is 1. The zero-order chi connectivity index (χ0) is 21.6. The summed E-state index contributed by atoms with van der Waals surface area (Å²) in [5.74, 6) is 1.30. The molecule has 0 N–H and O–H groups in total. The smallest absolute Gasteiger partial charge is 0.277 e. The lowest BCUT2D eigenvalue weighted by Gasteiger charge is -2.23.